The molecule has 0 saturated carbocycles. The third-order valence-corrected chi connectivity index (χ3v) is 8.10. The van der Waals surface area contributed by atoms with Crippen LogP contribution in [0.5, 0.6) is 0 Å². The van der Waals surface area contributed by atoms with Gasteiger partial charge in [-0.15, -0.1) is 0 Å². The molecule has 1 aromatic carbocycles. The molecule has 3 heterocycles. The molecule has 0 aromatic heterocycles. The Morgan fingerprint density at radius 3 is 2.24 bits per heavy atom. The highest BCUT2D eigenvalue weighted by atomic mass is 32.2. The van der Waals surface area contributed by atoms with Crippen LogP contribution in [0.15, 0.2) is 18.2 Å². The van der Waals surface area contributed by atoms with E-state index in [2.05, 4.69) is 6.92 Å². The Hall–Kier alpha value is -2.09. The van der Waals surface area contributed by atoms with Gasteiger partial charge in [0.1, 0.15) is 6.54 Å². The Kier molecular flexibility index (Phi) is 5.09. The van der Waals surface area contributed by atoms with Crippen molar-refractivity contribution >= 4 is 27.5 Å². The van der Waals surface area contributed by atoms with E-state index >= 15 is 0 Å². The van der Waals surface area contributed by atoms with Gasteiger partial charge in [-0.05, 0) is 55.9 Å². The van der Waals surface area contributed by atoms with Gasteiger partial charge in [-0.2, -0.15) is 0 Å². The van der Waals surface area contributed by atoms with E-state index in [4.69, 9.17) is 0 Å². The standard InChI is InChI=1S/C21H29N3O4S/c1-14-4-6-22(7-5-14)20(25)11-23-18-12-29(27,28)13-19(18)24(21(23)26)17-9-15(2)8-16(3)10-17/h8-10,14,18-19H,4-7,11-13H2,1-3H3/t18-,19+/m1/s1. The maximum Gasteiger partial charge on any atom is 0.325 e. The number of carbonyl (C=O) groups is 2. The number of anilines is 1. The van der Waals surface area contributed by atoms with E-state index in [9.17, 15) is 18.0 Å². The fraction of sp³-hybridized carbons (Fsp3) is 0.619. The molecule has 158 valence electrons. The molecule has 0 spiro atoms. The average Bonchev–Trinajstić information content (AvgIpc) is 3.05. The first-order valence-corrected chi connectivity index (χ1v) is 12.1. The van der Waals surface area contributed by atoms with Crippen LogP contribution in [-0.4, -0.2) is 73.4 Å². The van der Waals surface area contributed by atoms with Crippen molar-refractivity contribution in [2.75, 3.05) is 36.0 Å². The maximum atomic E-state index is 13.3. The zero-order valence-electron chi connectivity index (χ0n) is 17.3. The first-order valence-electron chi connectivity index (χ1n) is 10.3. The lowest BCUT2D eigenvalue weighted by Crippen LogP contribution is -2.47. The number of amides is 3. The summed E-state index contributed by atoms with van der Waals surface area (Å²) in [6.07, 6.45) is 1.93. The van der Waals surface area contributed by atoms with E-state index in [-0.39, 0.29) is 30.0 Å². The van der Waals surface area contributed by atoms with Gasteiger partial charge in [-0.3, -0.25) is 9.69 Å². The highest BCUT2D eigenvalue weighted by molar-refractivity contribution is 7.91. The van der Waals surface area contributed by atoms with E-state index in [1.165, 1.54) is 4.90 Å². The summed E-state index contributed by atoms with van der Waals surface area (Å²) < 4.78 is 24.7. The van der Waals surface area contributed by atoms with Crippen LogP contribution >= 0.6 is 0 Å². The topological polar surface area (TPSA) is 78.0 Å². The molecule has 7 nitrogen and oxygen atoms in total. The second-order valence-corrected chi connectivity index (χ2v) is 11.1. The number of rotatable bonds is 3. The Balaban J connectivity index is 1.61. The molecule has 1 aromatic rings. The molecule has 0 N–H and O–H groups in total. The number of carbonyl (C=O) groups excluding carboxylic acids is 2. The second kappa shape index (κ2) is 7.31. The van der Waals surface area contributed by atoms with E-state index in [0.717, 1.165) is 24.0 Å². The smallest absolute Gasteiger partial charge is 0.325 e. The van der Waals surface area contributed by atoms with Crippen molar-refractivity contribution in [2.45, 2.75) is 45.7 Å². The summed E-state index contributed by atoms with van der Waals surface area (Å²) in [6.45, 7) is 7.45. The molecule has 3 amide bonds. The molecule has 0 radical (unpaired) electrons. The predicted octanol–water partition coefficient (Wildman–Crippen LogP) is 1.97. The molecule has 3 aliphatic rings. The van der Waals surface area contributed by atoms with Crippen molar-refractivity contribution in [3.8, 4) is 0 Å². The predicted molar refractivity (Wildman–Crippen MR) is 112 cm³/mol. The van der Waals surface area contributed by atoms with Crippen LogP contribution in [0.4, 0.5) is 10.5 Å². The average molecular weight is 420 g/mol. The lowest BCUT2D eigenvalue weighted by atomic mass is 9.99. The van der Waals surface area contributed by atoms with Crippen molar-refractivity contribution < 1.29 is 18.0 Å². The fourth-order valence-electron chi connectivity index (χ4n) is 4.86. The summed E-state index contributed by atoms with van der Waals surface area (Å²) >= 11 is 0. The minimum atomic E-state index is -3.25. The van der Waals surface area contributed by atoms with Crippen LogP contribution in [0.25, 0.3) is 0 Å². The normalized spacial score (nSPS) is 26.9. The van der Waals surface area contributed by atoms with Crippen LogP contribution < -0.4 is 4.90 Å². The minimum absolute atomic E-state index is 0.0504. The van der Waals surface area contributed by atoms with Crippen molar-refractivity contribution in [1.82, 2.24) is 9.80 Å². The fourth-order valence-corrected chi connectivity index (χ4v) is 6.81. The molecule has 3 saturated heterocycles. The SMILES string of the molecule is Cc1cc(C)cc(N2C(=O)N(CC(=O)N3CCC(C)CC3)[C@@H]3CS(=O)(=O)C[C@@H]32)c1. The molecular formula is C21H29N3O4S. The Morgan fingerprint density at radius 2 is 1.62 bits per heavy atom. The minimum Gasteiger partial charge on any atom is -0.341 e. The molecule has 29 heavy (non-hydrogen) atoms. The summed E-state index contributed by atoms with van der Waals surface area (Å²) in [5.74, 6) is 0.393. The van der Waals surface area contributed by atoms with E-state index in [1.807, 2.05) is 36.9 Å². The first kappa shape index (κ1) is 20.2. The number of piperidine rings is 1. The highest BCUT2D eigenvalue weighted by Crippen LogP contribution is 2.35. The van der Waals surface area contributed by atoms with Crippen molar-refractivity contribution in [1.29, 1.82) is 0 Å². The van der Waals surface area contributed by atoms with Gasteiger partial charge in [0.25, 0.3) is 0 Å². The number of urea groups is 1. The molecule has 0 bridgehead atoms. The van der Waals surface area contributed by atoms with E-state index < -0.39 is 21.9 Å². The van der Waals surface area contributed by atoms with E-state index in [1.54, 1.807) is 4.90 Å². The molecule has 0 aliphatic carbocycles. The third kappa shape index (κ3) is 3.86. The van der Waals surface area contributed by atoms with Crippen molar-refractivity contribution in [3.63, 3.8) is 0 Å². The number of nitrogens with zero attached hydrogens (tertiary/aromatic N) is 3. The van der Waals surface area contributed by atoms with Crippen LogP contribution in [0.3, 0.4) is 0 Å². The van der Waals surface area contributed by atoms with Gasteiger partial charge < -0.3 is 9.80 Å². The maximum absolute atomic E-state index is 13.3. The van der Waals surface area contributed by atoms with Gasteiger partial charge in [0.05, 0.1) is 23.6 Å². The largest absolute Gasteiger partial charge is 0.341 e. The number of aryl methyl sites for hydroxylation is 2. The number of hydrogen-bond acceptors (Lipinski definition) is 4. The van der Waals surface area contributed by atoms with Gasteiger partial charge in [-0.25, -0.2) is 13.2 Å². The molecule has 3 aliphatic heterocycles. The van der Waals surface area contributed by atoms with E-state index in [0.29, 0.717) is 24.7 Å². The van der Waals surface area contributed by atoms with Crippen LogP contribution in [0.2, 0.25) is 0 Å². The number of fused-ring (bicyclic) bond motifs is 1. The Labute approximate surface area is 172 Å². The highest BCUT2D eigenvalue weighted by Gasteiger charge is 2.54. The van der Waals surface area contributed by atoms with Gasteiger partial charge in [0.2, 0.25) is 5.91 Å². The summed E-state index contributed by atoms with van der Waals surface area (Å²) in [5.41, 5.74) is 2.74. The Bertz CT molecular complexity index is 917. The molecule has 3 fully saturated rings. The van der Waals surface area contributed by atoms with Gasteiger partial charge in [0.15, 0.2) is 9.84 Å². The van der Waals surface area contributed by atoms with Crippen molar-refractivity contribution in [2.24, 2.45) is 5.92 Å². The van der Waals surface area contributed by atoms with Gasteiger partial charge >= 0.3 is 6.03 Å². The number of hydrogen-bond donors (Lipinski definition) is 0. The summed E-state index contributed by atoms with van der Waals surface area (Å²) in [6, 6.07) is 4.66. The number of benzene rings is 1. The molecular weight excluding hydrogens is 390 g/mol. The summed E-state index contributed by atoms with van der Waals surface area (Å²) in [7, 11) is -3.25. The van der Waals surface area contributed by atoms with Crippen LogP contribution in [-0.2, 0) is 14.6 Å². The third-order valence-electron chi connectivity index (χ3n) is 6.40. The van der Waals surface area contributed by atoms with Crippen LogP contribution in [0.1, 0.15) is 30.9 Å². The number of likely N-dealkylation sites (tertiary alicyclic amines) is 1. The lowest BCUT2D eigenvalue weighted by Gasteiger charge is -2.32. The van der Waals surface area contributed by atoms with Crippen LogP contribution in [0, 0.1) is 19.8 Å². The number of sulfone groups is 1. The van der Waals surface area contributed by atoms with Crippen molar-refractivity contribution in [3.05, 3.63) is 29.3 Å². The molecule has 4 rings (SSSR count). The zero-order chi connectivity index (χ0) is 20.9. The van der Waals surface area contributed by atoms with Gasteiger partial charge in [0, 0.05) is 18.8 Å². The first-order chi connectivity index (χ1) is 13.6. The monoisotopic (exact) mass is 419 g/mol. The quantitative estimate of drug-likeness (QED) is 0.702. The Morgan fingerprint density at radius 1 is 1.03 bits per heavy atom. The van der Waals surface area contributed by atoms with Gasteiger partial charge in [-0.1, -0.05) is 13.0 Å². The summed E-state index contributed by atoms with van der Waals surface area (Å²) in [4.78, 5) is 31.1. The summed E-state index contributed by atoms with van der Waals surface area (Å²) in [5, 5.41) is 0. The zero-order valence-corrected chi connectivity index (χ0v) is 18.1. The second-order valence-electron chi connectivity index (χ2n) is 8.90. The molecule has 8 heteroatoms. The molecule has 0 unspecified atom stereocenters. The lowest BCUT2D eigenvalue weighted by molar-refractivity contribution is -0.133. The molecule has 2 atom stereocenters.